The van der Waals surface area contributed by atoms with Crippen LogP contribution in [0.15, 0.2) is 58.3 Å². The summed E-state index contributed by atoms with van der Waals surface area (Å²) in [6.45, 7) is 0. The van der Waals surface area contributed by atoms with Crippen LogP contribution in [-0.2, 0) is 9.84 Å². The first-order valence-electron chi connectivity index (χ1n) is 7.90. The van der Waals surface area contributed by atoms with E-state index >= 15 is 0 Å². The Bertz CT molecular complexity index is 722. The van der Waals surface area contributed by atoms with Gasteiger partial charge in [-0.05, 0) is 74.2 Å². The lowest BCUT2D eigenvalue weighted by molar-refractivity contribution is 0.303. The average Bonchev–Trinajstić information content (AvgIpc) is 3.45. The van der Waals surface area contributed by atoms with E-state index in [2.05, 4.69) is 0 Å². The molecule has 0 amide bonds. The largest absolute Gasteiger partial charge is 0.490 e. The summed E-state index contributed by atoms with van der Waals surface area (Å²) in [5.74, 6) is 1.44. The van der Waals surface area contributed by atoms with Crippen LogP contribution in [0.4, 0.5) is 0 Å². The van der Waals surface area contributed by atoms with Crippen molar-refractivity contribution in [2.24, 2.45) is 0 Å². The second-order valence-electron chi connectivity index (χ2n) is 6.08. The maximum atomic E-state index is 12.6. The van der Waals surface area contributed by atoms with Crippen LogP contribution in [0.2, 0.25) is 0 Å². The van der Waals surface area contributed by atoms with Crippen LogP contribution in [-0.4, -0.2) is 20.6 Å². The molecular weight excluding hydrogens is 312 g/mol. The van der Waals surface area contributed by atoms with Crippen molar-refractivity contribution in [3.05, 3.63) is 48.5 Å². The molecule has 0 radical (unpaired) electrons. The summed E-state index contributed by atoms with van der Waals surface area (Å²) in [5.41, 5.74) is 0. The molecule has 120 valence electrons. The van der Waals surface area contributed by atoms with Crippen molar-refractivity contribution < 1.29 is 17.9 Å². The second kappa shape index (κ2) is 5.57. The van der Waals surface area contributed by atoms with Gasteiger partial charge in [0.05, 0.1) is 22.0 Å². The molecule has 0 saturated heterocycles. The van der Waals surface area contributed by atoms with Gasteiger partial charge in [0.2, 0.25) is 9.84 Å². The van der Waals surface area contributed by atoms with Crippen molar-refractivity contribution in [1.29, 1.82) is 0 Å². The lowest BCUT2D eigenvalue weighted by Crippen LogP contribution is -2.03. The molecule has 0 aromatic heterocycles. The van der Waals surface area contributed by atoms with Crippen LogP contribution in [0.1, 0.15) is 25.7 Å². The molecule has 0 spiro atoms. The van der Waals surface area contributed by atoms with Crippen LogP contribution in [0.25, 0.3) is 0 Å². The first-order chi connectivity index (χ1) is 11.1. The fourth-order valence-corrected chi connectivity index (χ4v) is 3.55. The van der Waals surface area contributed by atoms with E-state index in [1.165, 1.54) is 0 Å². The van der Waals surface area contributed by atoms with Gasteiger partial charge in [-0.2, -0.15) is 0 Å². The summed E-state index contributed by atoms with van der Waals surface area (Å²) in [6, 6.07) is 13.3. The van der Waals surface area contributed by atoms with Gasteiger partial charge in [-0.25, -0.2) is 8.42 Å². The molecule has 2 aromatic carbocycles. The third-order valence-corrected chi connectivity index (χ3v) is 5.71. The highest BCUT2D eigenvalue weighted by Crippen LogP contribution is 2.30. The molecule has 23 heavy (non-hydrogen) atoms. The van der Waals surface area contributed by atoms with Gasteiger partial charge >= 0.3 is 0 Å². The zero-order valence-electron chi connectivity index (χ0n) is 12.6. The molecule has 0 atom stereocenters. The van der Waals surface area contributed by atoms with Crippen molar-refractivity contribution in [2.45, 2.75) is 47.7 Å². The van der Waals surface area contributed by atoms with E-state index in [0.717, 1.165) is 37.2 Å². The molecule has 2 aliphatic rings. The Morgan fingerprint density at radius 3 is 1.30 bits per heavy atom. The van der Waals surface area contributed by atoms with Crippen molar-refractivity contribution >= 4 is 9.84 Å². The predicted octanol–water partition coefficient (Wildman–Crippen LogP) is 3.60. The Morgan fingerprint density at radius 2 is 1.00 bits per heavy atom. The van der Waals surface area contributed by atoms with E-state index < -0.39 is 9.84 Å². The van der Waals surface area contributed by atoms with Crippen LogP contribution >= 0.6 is 0 Å². The van der Waals surface area contributed by atoms with Crippen LogP contribution in [0, 0.1) is 0 Å². The maximum absolute atomic E-state index is 12.6. The van der Waals surface area contributed by atoms with E-state index in [4.69, 9.17) is 9.47 Å². The highest BCUT2D eigenvalue weighted by Gasteiger charge is 2.25. The van der Waals surface area contributed by atoms with Crippen molar-refractivity contribution in [2.75, 3.05) is 0 Å². The molecule has 2 aromatic rings. The number of hydrogen-bond donors (Lipinski definition) is 0. The summed E-state index contributed by atoms with van der Waals surface area (Å²) in [4.78, 5) is 0.549. The summed E-state index contributed by atoms with van der Waals surface area (Å²) in [5, 5.41) is 0. The minimum atomic E-state index is -3.51. The third kappa shape index (κ3) is 3.34. The number of rotatable bonds is 6. The topological polar surface area (TPSA) is 52.6 Å². The molecule has 2 aliphatic carbocycles. The SMILES string of the molecule is O=S(=O)(c1ccc(OC2CC2)cc1)c1ccc(OC2CC2)cc1. The maximum Gasteiger partial charge on any atom is 0.206 e. The van der Waals surface area contributed by atoms with Crippen molar-refractivity contribution in [1.82, 2.24) is 0 Å². The normalized spacial score (nSPS) is 17.7. The molecule has 5 heteroatoms. The molecule has 0 bridgehead atoms. The minimum Gasteiger partial charge on any atom is -0.490 e. The smallest absolute Gasteiger partial charge is 0.206 e. The van der Waals surface area contributed by atoms with E-state index in [1.807, 2.05) is 0 Å². The van der Waals surface area contributed by atoms with E-state index in [9.17, 15) is 8.42 Å². The molecule has 2 saturated carbocycles. The van der Waals surface area contributed by atoms with Gasteiger partial charge in [-0.1, -0.05) is 0 Å². The van der Waals surface area contributed by atoms with Gasteiger partial charge in [0.15, 0.2) is 0 Å². The van der Waals surface area contributed by atoms with Crippen molar-refractivity contribution in [3.8, 4) is 11.5 Å². The summed E-state index contributed by atoms with van der Waals surface area (Å²) in [7, 11) is -3.51. The van der Waals surface area contributed by atoms with Gasteiger partial charge in [-0.15, -0.1) is 0 Å². The van der Waals surface area contributed by atoms with Gasteiger partial charge in [0.1, 0.15) is 11.5 Å². The number of sulfone groups is 1. The monoisotopic (exact) mass is 330 g/mol. The summed E-state index contributed by atoms with van der Waals surface area (Å²) < 4.78 is 36.6. The number of ether oxygens (including phenoxy) is 2. The lowest BCUT2D eigenvalue weighted by atomic mass is 10.3. The molecule has 0 aliphatic heterocycles. The second-order valence-corrected chi connectivity index (χ2v) is 8.03. The number of benzene rings is 2. The fourth-order valence-electron chi connectivity index (χ4n) is 2.29. The zero-order chi connectivity index (χ0) is 15.9. The third-order valence-electron chi connectivity index (χ3n) is 3.92. The lowest BCUT2D eigenvalue weighted by Gasteiger charge is -2.08. The predicted molar refractivity (Wildman–Crippen MR) is 85.6 cm³/mol. The van der Waals surface area contributed by atoms with Crippen LogP contribution in [0.3, 0.4) is 0 Å². The van der Waals surface area contributed by atoms with Crippen LogP contribution in [0.5, 0.6) is 11.5 Å². The van der Waals surface area contributed by atoms with E-state index in [-0.39, 0.29) is 9.79 Å². The standard InChI is InChI=1S/C18H18O4S/c19-23(20,17-9-5-15(6-10-17)21-13-1-2-13)18-11-7-16(8-12-18)22-14-3-4-14/h5-14H,1-4H2. The first kappa shape index (κ1) is 14.6. The van der Waals surface area contributed by atoms with Gasteiger partial charge in [0.25, 0.3) is 0 Å². The first-order valence-corrected chi connectivity index (χ1v) is 9.38. The molecule has 4 rings (SSSR count). The Morgan fingerprint density at radius 1 is 0.652 bits per heavy atom. The van der Waals surface area contributed by atoms with E-state index in [0.29, 0.717) is 12.2 Å². The molecule has 4 nitrogen and oxygen atoms in total. The summed E-state index contributed by atoms with van der Waals surface area (Å²) >= 11 is 0. The molecule has 0 unspecified atom stereocenters. The van der Waals surface area contributed by atoms with Crippen LogP contribution < -0.4 is 9.47 Å². The zero-order valence-corrected chi connectivity index (χ0v) is 13.5. The van der Waals surface area contributed by atoms with Gasteiger partial charge < -0.3 is 9.47 Å². The Balaban J connectivity index is 1.53. The van der Waals surface area contributed by atoms with Gasteiger partial charge in [-0.3, -0.25) is 0 Å². The Hall–Kier alpha value is -2.01. The number of hydrogen-bond acceptors (Lipinski definition) is 4. The quantitative estimate of drug-likeness (QED) is 0.812. The van der Waals surface area contributed by atoms with Gasteiger partial charge in [0, 0.05) is 0 Å². The minimum absolute atomic E-state index is 0.275. The molecule has 0 N–H and O–H groups in total. The van der Waals surface area contributed by atoms with Crippen molar-refractivity contribution in [3.63, 3.8) is 0 Å². The summed E-state index contributed by atoms with van der Waals surface area (Å²) in [6.07, 6.45) is 4.92. The highest BCUT2D eigenvalue weighted by atomic mass is 32.2. The Kier molecular flexibility index (Phi) is 3.53. The highest BCUT2D eigenvalue weighted by molar-refractivity contribution is 7.91. The molecule has 2 fully saturated rings. The Labute approximate surface area is 136 Å². The molecular formula is C18H18O4S. The fraction of sp³-hybridized carbons (Fsp3) is 0.333. The average molecular weight is 330 g/mol. The van der Waals surface area contributed by atoms with E-state index in [1.54, 1.807) is 48.5 Å². The molecule has 0 heterocycles.